The lowest BCUT2D eigenvalue weighted by Crippen LogP contribution is -2.53. The summed E-state index contributed by atoms with van der Waals surface area (Å²) >= 11 is 0. The first-order chi connectivity index (χ1) is 15.6. The largest absolute Gasteiger partial charge is 0.462 e. The van der Waals surface area contributed by atoms with Crippen molar-refractivity contribution >= 4 is 11.8 Å². The first-order valence-corrected chi connectivity index (χ1v) is 11.9. The average molecular weight is 440 g/mol. The normalized spacial score (nSPS) is 24.1. The van der Waals surface area contributed by atoms with Gasteiger partial charge in [0.25, 0.3) is 5.70 Å². The Balaban J connectivity index is 1.77. The van der Waals surface area contributed by atoms with Crippen molar-refractivity contribution in [2.75, 3.05) is 11.4 Å². The summed E-state index contributed by atoms with van der Waals surface area (Å²) in [4.78, 5) is 6.00. The number of hydrogen-bond donors (Lipinski definition) is 0. The smallest absolute Gasteiger partial charge is 0.269 e. The molecule has 1 unspecified atom stereocenters. The molecule has 0 saturated heterocycles. The summed E-state index contributed by atoms with van der Waals surface area (Å²) in [7, 11) is 0. The maximum atomic E-state index is 9.30. The minimum absolute atomic E-state index is 0.0895. The van der Waals surface area contributed by atoms with E-state index < -0.39 is 0 Å². The van der Waals surface area contributed by atoms with E-state index in [0.29, 0.717) is 23.7 Å². The molecule has 0 fully saturated rings. The second kappa shape index (κ2) is 8.27. The Labute approximate surface area is 198 Å². The average Bonchev–Trinajstić information content (AvgIpc) is 2.77. The zero-order valence-electron chi connectivity index (χ0n) is 20.6. The highest BCUT2D eigenvalue weighted by molar-refractivity contribution is 5.72. The number of hydrogen-bond acceptors (Lipinski definition) is 3. The fourth-order valence-corrected chi connectivity index (χ4v) is 5.49. The predicted molar refractivity (Wildman–Crippen MR) is 134 cm³/mol. The summed E-state index contributed by atoms with van der Waals surface area (Å²) < 4.78 is 5.99. The minimum atomic E-state index is 0.0895. The van der Waals surface area contributed by atoms with Crippen LogP contribution in [0.15, 0.2) is 53.1 Å². The molecule has 4 nitrogen and oxygen atoms in total. The predicted octanol–water partition coefficient (Wildman–Crippen LogP) is 7.38. The molecule has 4 rings (SSSR count). The Morgan fingerprint density at radius 1 is 1.27 bits per heavy atom. The van der Waals surface area contributed by atoms with Gasteiger partial charge in [-0.05, 0) is 90.6 Å². The molecule has 33 heavy (non-hydrogen) atoms. The van der Waals surface area contributed by atoms with Gasteiger partial charge in [-0.1, -0.05) is 33.8 Å². The van der Waals surface area contributed by atoms with Gasteiger partial charge in [0.1, 0.15) is 11.5 Å². The van der Waals surface area contributed by atoms with Crippen LogP contribution in [0.3, 0.4) is 0 Å². The van der Waals surface area contributed by atoms with E-state index in [2.05, 4.69) is 62.6 Å². The van der Waals surface area contributed by atoms with Crippen LogP contribution in [-0.4, -0.2) is 12.1 Å². The van der Waals surface area contributed by atoms with E-state index >= 15 is 0 Å². The maximum Gasteiger partial charge on any atom is 0.269 e. The molecular formula is C29H33N3O. The van der Waals surface area contributed by atoms with Crippen molar-refractivity contribution in [3.8, 4) is 6.07 Å². The Morgan fingerprint density at radius 3 is 2.70 bits per heavy atom. The monoisotopic (exact) mass is 439 g/mol. The first kappa shape index (κ1) is 22.9. The number of benzene rings is 1. The third-order valence-corrected chi connectivity index (χ3v) is 7.33. The van der Waals surface area contributed by atoms with Gasteiger partial charge in [-0.3, -0.25) is 0 Å². The van der Waals surface area contributed by atoms with E-state index in [1.807, 2.05) is 19.1 Å². The fourth-order valence-electron chi connectivity index (χ4n) is 5.49. The molecule has 3 heterocycles. The lowest BCUT2D eigenvalue weighted by atomic mass is 9.69. The van der Waals surface area contributed by atoms with Crippen LogP contribution >= 0.6 is 0 Å². The van der Waals surface area contributed by atoms with Crippen LogP contribution in [0.1, 0.15) is 83.4 Å². The van der Waals surface area contributed by atoms with Crippen molar-refractivity contribution in [2.24, 2.45) is 0 Å². The van der Waals surface area contributed by atoms with E-state index in [-0.39, 0.29) is 16.7 Å². The standard InChI is InChI=1S/C29H33N3O/c1-8-22-15-21(26(18-30)31-7)16-23(33-22)10-9-20-13-24-19(2)17-29(5,6)32-12-11-28(3,4)25(14-20)27(24)32/h9-10,13-16,19H,8,11-12,17H2,1-6H3. The van der Waals surface area contributed by atoms with Gasteiger partial charge in [0.05, 0.1) is 12.6 Å². The van der Waals surface area contributed by atoms with E-state index in [1.165, 1.54) is 22.4 Å². The zero-order valence-corrected chi connectivity index (χ0v) is 20.6. The minimum Gasteiger partial charge on any atom is -0.462 e. The van der Waals surface area contributed by atoms with E-state index in [1.54, 1.807) is 12.2 Å². The number of allylic oxidation sites excluding steroid dienone is 6. The van der Waals surface area contributed by atoms with Crippen molar-refractivity contribution in [1.82, 2.24) is 0 Å². The summed E-state index contributed by atoms with van der Waals surface area (Å²) in [6.45, 7) is 22.2. The molecular weight excluding hydrogens is 406 g/mol. The van der Waals surface area contributed by atoms with Crippen molar-refractivity contribution in [3.05, 3.63) is 81.3 Å². The number of nitriles is 1. The van der Waals surface area contributed by atoms with Gasteiger partial charge in [-0.25, -0.2) is 10.1 Å². The topological polar surface area (TPSA) is 40.6 Å². The number of anilines is 1. The molecule has 0 saturated carbocycles. The highest BCUT2D eigenvalue weighted by Gasteiger charge is 2.43. The summed E-state index contributed by atoms with van der Waals surface area (Å²) in [6.07, 6.45) is 10.6. The molecule has 170 valence electrons. The maximum absolute atomic E-state index is 9.30. The molecule has 0 spiro atoms. The molecule has 1 atom stereocenters. The van der Waals surface area contributed by atoms with Crippen LogP contribution in [0, 0.1) is 17.9 Å². The number of rotatable bonds is 3. The van der Waals surface area contributed by atoms with Gasteiger partial charge in [0, 0.05) is 24.2 Å². The van der Waals surface area contributed by atoms with Crippen LogP contribution in [0.4, 0.5) is 5.69 Å². The first-order valence-electron chi connectivity index (χ1n) is 11.9. The van der Waals surface area contributed by atoms with E-state index in [9.17, 15) is 5.26 Å². The zero-order chi connectivity index (χ0) is 24.0. The van der Waals surface area contributed by atoms with Crippen molar-refractivity contribution < 1.29 is 4.74 Å². The van der Waals surface area contributed by atoms with Gasteiger partial charge in [-0.2, -0.15) is 0 Å². The van der Waals surface area contributed by atoms with Crippen molar-refractivity contribution in [2.45, 2.75) is 77.7 Å². The fraction of sp³-hybridized carbons (Fsp3) is 0.448. The van der Waals surface area contributed by atoms with Crippen LogP contribution in [0.25, 0.3) is 10.9 Å². The highest BCUT2D eigenvalue weighted by Crippen LogP contribution is 2.52. The molecule has 1 aromatic carbocycles. The van der Waals surface area contributed by atoms with Gasteiger partial charge in [0.15, 0.2) is 0 Å². The molecule has 3 aliphatic heterocycles. The molecule has 0 radical (unpaired) electrons. The number of nitrogens with zero attached hydrogens (tertiary/aromatic N) is 3. The third-order valence-electron chi connectivity index (χ3n) is 7.33. The van der Waals surface area contributed by atoms with Crippen molar-refractivity contribution in [3.63, 3.8) is 0 Å². The van der Waals surface area contributed by atoms with E-state index in [4.69, 9.17) is 11.3 Å². The molecule has 0 N–H and O–H groups in total. The Kier molecular flexibility index (Phi) is 5.75. The third kappa shape index (κ3) is 4.11. The summed E-state index contributed by atoms with van der Waals surface area (Å²) in [6, 6.07) is 6.67. The quantitative estimate of drug-likeness (QED) is 0.364. The van der Waals surface area contributed by atoms with Gasteiger partial charge >= 0.3 is 0 Å². The van der Waals surface area contributed by atoms with Crippen LogP contribution in [0.2, 0.25) is 0 Å². The Bertz CT molecular complexity index is 1180. The van der Waals surface area contributed by atoms with Crippen LogP contribution in [-0.2, 0) is 10.2 Å². The Hall–Kier alpha value is -3.24. The van der Waals surface area contributed by atoms with Crippen LogP contribution in [0.5, 0.6) is 0 Å². The van der Waals surface area contributed by atoms with Gasteiger partial charge < -0.3 is 9.64 Å². The second-order valence-electron chi connectivity index (χ2n) is 10.7. The highest BCUT2D eigenvalue weighted by atomic mass is 16.5. The Morgan fingerprint density at radius 2 is 2.03 bits per heavy atom. The van der Waals surface area contributed by atoms with Gasteiger partial charge in [0.2, 0.25) is 0 Å². The summed E-state index contributed by atoms with van der Waals surface area (Å²) in [5, 5.41) is 9.30. The molecule has 0 bridgehead atoms. The molecule has 0 aliphatic carbocycles. The molecule has 0 aromatic heterocycles. The molecule has 1 aromatic rings. The molecule has 0 amide bonds. The summed E-state index contributed by atoms with van der Waals surface area (Å²) in [5.74, 6) is 1.91. The number of ether oxygens (including phenoxy) is 1. The molecule has 3 aliphatic rings. The lowest BCUT2D eigenvalue weighted by Gasteiger charge is -2.53. The van der Waals surface area contributed by atoms with Crippen molar-refractivity contribution in [1.29, 1.82) is 5.26 Å². The lowest BCUT2D eigenvalue weighted by molar-refractivity contribution is 0.304. The SMILES string of the molecule is [C-]#[N+]C(C#N)=C1C=C(C=Cc2cc3c4c(c2)C(C)(C)CCN4C(C)(C)CC3C)OC(CC)=C1. The van der Waals surface area contributed by atoms with Gasteiger partial charge in [-0.15, -0.1) is 0 Å². The molecule has 4 heteroatoms. The van der Waals surface area contributed by atoms with E-state index in [0.717, 1.165) is 25.1 Å². The second-order valence-corrected chi connectivity index (χ2v) is 10.7. The summed E-state index contributed by atoms with van der Waals surface area (Å²) in [5.41, 5.74) is 6.48. The van der Waals surface area contributed by atoms with Crippen LogP contribution < -0.4 is 4.90 Å².